The molecule has 0 aromatic carbocycles. The molecular weight excluding hydrogens is 229 g/mol. The average molecular weight is 238 g/mol. The predicted molar refractivity (Wildman–Crippen MR) is 54.8 cm³/mol. The van der Waals surface area contributed by atoms with E-state index in [1.54, 1.807) is 0 Å². The normalized spacial score (nSPS) is 21.6. The number of alkyl halides is 1. The molecule has 0 saturated heterocycles. The second-order valence-electron chi connectivity index (χ2n) is 2.76. The Hall–Kier alpha value is -0.810. The third kappa shape index (κ3) is 2.16. The quantitative estimate of drug-likeness (QED) is 0.249. The summed E-state index contributed by atoms with van der Waals surface area (Å²) in [6, 6.07) is 0. The Morgan fingerprint density at radius 3 is 2.93 bits per heavy atom. The van der Waals surface area contributed by atoms with Gasteiger partial charge in [-0.1, -0.05) is 24.9 Å². The molecule has 0 aromatic rings. The van der Waals surface area contributed by atoms with Crippen LogP contribution in [0.1, 0.15) is 19.8 Å². The van der Waals surface area contributed by atoms with E-state index in [1.807, 2.05) is 6.92 Å². The van der Waals surface area contributed by atoms with Gasteiger partial charge in [-0.15, -0.1) is 0 Å². The zero-order valence-corrected chi connectivity index (χ0v) is 8.99. The van der Waals surface area contributed by atoms with E-state index in [-0.39, 0.29) is 5.70 Å². The van der Waals surface area contributed by atoms with Crippen LogP contribution in [-0.4, -0.2) is 21.2 Å². The molecule has 1 heterocycles. The van der Waals surface area contributed by atoms with E-state index < -0.39 is 10.4 Å². The number of hydrogen-bond donors (Lipinski definition) is 0. The number of allylic oxidation sites excluding steroid dienone is 1. The molecule has 0 aliphatic carbocycles. The topological polar surface area (TPSA) is 58.7 Å². The molecule has 0 amide bonds. The highest BCUT2D eigenvalue weighted by Crippen LogP contribution is 2.26. The summed E-state index contributed by atoms with van der Waals surface area (Å²) < 4.78 is 0.985. The molecule has 5 nitrogen and oxygen atoms in total. The third-order valence-electron chi connectivity index (χ3n) is 1.75. The molecule has 1 atom stereocenters. The fourth-order valence-corrected chi connectivity index (χ4v) is 1.52. The van der Waals surface area contributed by atoms with E-state index in [2.05, 4.69) is 4.99 Å². The minimum absolute atomic E-state index is 0.133. The lowest BCUT2D eigenvalue weighted by Crippen LogP contribution is -2.30. The second kappa shape index (κ2) is 4.61. The Morgan fingerprint density at radius 2 is 2.43 bits per heavy atom. The highest BCUT2D eigenvalue weighted by Gasteiger charge is 2.33. The molecule has 78 valence electrons. The van der Waals surface area contributed by atoms with Crippen LogP contribution in [0, 0.1) is 10.1 Å². The molecule has 1 rings (SSSR count). The Labute approximate surface area is 91.3 Å². The Morgan fingerprint density at radius 1 is 1.79 bits per heavy atom. The van der Waals surface area contributed by atoms with Gasteiger partial charge in [-0.25, -0.2) is 9.41 Å². The van der Waals surface area contributed by atoms with E-state index >= 15 is 0 Å². The van der Waals surface area contributed by atoms with Crippen molar-refractivity contribution in [1.29, 1.82) is 0 Å². The zero-order chi connectivity index (χ0) is 10.7. The summed E-state index contributed by atoms with van der Waals surface area (Å²) in [5.74, 6) is 0. The Balaban J connectivity index is 3.04. The number of aliphatic imine (C=N–C) groups is 1. The lowest BCUT2D eigenvalue weighted by atomic mass is 10.2. The first kappa shape index (κ1) is 11.3. The van der Waals surface area contributed by atoms with E-state index in [0.717, 1.165) is 10.8 Å². The number of halogens is 2. The van der Waals surface area contributed by atoms with Gasteiger partial charge in [-0.05, 0) is 6.42 Å². The average Bonchev–Trinajstić information content (AvgIpc) is 2.11. The van der Waals surface area contributed by atoms with Gasteiger partial charge in [0.1, 0.15) is 12.0 Å². The standard InChI is InChI=1S/C7H9Cl2N3O2/c1-2-3-5-6(12(13)14)7(8)11(9)4-10-5/h4,7H,2-3H2,1H3. The molecule has 1 aliphatic rings. The first-order chi connectivity index (χ1) is 6.57. The fourth-order valence-electron chi connectivity index (χ4n) is 1.13. The van der Waals surface area contributed by atoms with Crippen molar-refractivity contribution in [1.82, 2.24) is 4.42 Å². The number of hydrogen-bond acceptors (Lipinski definition) is 4. The molecular formula is C7H9Cl2N3O2. The first-order valence-electron chi connectivity index (χ1n) is 4.07. The SMILES string of the molecule is CCCC1=C([N+](=O)[O-])C(Cl)N(Cl)C=N1. The Kier molecular flexibility index (Phi) is 3.71. The van der Waals surface area contributed by atoms with Gasteiger partial charge in [-0.3, -0.25) is 10.1 Å². The van der Waals surface area contributed by atoms with Gasteiger partial charge in [0.2, 0.25) is 5.50 Å². The molecule has 14 heavy (non-hydrogen) atoms. The van der Waals surface area contributed by atoms with Crippen LogP contribution in [0.15, 0.2) is 16.4 Å². The van der Waals surface area contributed by atoms with Crippen LogP contribution < -0.4 is 0 Å². The summed E-state index contributed by atoms with van der Waals surface area (Å²) >= 11 is 11.3. The molecule has 0 spiro atoms. The van der Waals surface area contributed by atoms with E-state index in [4.69, 9.17) is 23.4 Å². The third-order valence-corrected chi connectivity index (χ3v) is 2.54. The predicted octanol–water partition coefficient (Wildman–Crippen LogP) is 2.34. The molecule has 1 aliphatic heterocycles. The van der Waals surface area contributed by atoms with Gasteiger partial charge >= 0.3 is 5.70 Å². The van der Waals surface area contributed by atoms with Gasteiger partial charge in [0, 0.05) is 11.8 Å². The monoisotopic (exact) mass is 237 g/mol. The maximum atomic E-state index is 10.7. The zero-order valence-electron chi connectivity index (χ0n) is 7.48. The van der Waals surface area contributed by atoms with Crippen LogP contribution in [0.25, 0.3) is 0 Å². The van der Waals surface area contributed by atoms with Gasteiger partial charge in [0.15, 0.2) is 0 Å². The summed E-state index contributed by atoms with van der Waals surface area (Å²) in [4.78, 5) is 14.0. The van der Waals surface area contributed by atoms with Gasteiger partial charge in [0.25, 0.3) is 0 Å². The van der Waals surface area contributed by atoms with Crippen molar-refractivity contribution in [2.75, 3.05) is 0 Å². The second-order valence-corrected chi connectivity index (χ2v) is 3.57. The van der Waals surface area contributed by atoms with Crippen LogP contribution in [0.5, 0.6) is 0 Å². The molecule has 0 fully saturated rings. The molecule has 0 saturated carbocycles. The number of nitrogens with zero attached hydrogens (tertiary/aromatic N) is 3. The lowest BCUT2D eigenvalue weighted by molar-refractivity contribution is -0.430. The lowest BCUT2D eigenvalue weighted by Gasteiger charge is -2.19. The van der Waals surface area contributed by atoms with Gasteiger partial charge in [-0.2, -0.15) is 0 Å². The maximum Gasteiger partial charge on any atom is 0.306 e. The van der Waals surface area contributed by atoms with E-state index in [0.29, 0.717) is 12.1 Å². The highest BCUT2D eigenvalue weighted by molar-refractivity contribution is 6.29. The first-order valence-corrected chi connectivity index (χ1v) is 4.85. The van der Waals surface area contributed by atoms with Crippen molar-refractivity contribution in [3.63, 3.8) is 0 Å². The largest absolute Gasteiger partial charge is 0.306 e. The Bertz CT molecular complexity index is 303. The molecule has 0 radical (unpaired) electrons. The van der Waals surface area contributed by atoms with Crippen molar-refractivity contribution in [2.45, 2.75) is 25.3 Å². The van der Waals surface area contributed by atoms with Crippen LogP contribution in [-0.2, 0) is 0 Å². The van der Waals surface area contributed by atoms with Crippen molar-refractivity contribution >= 4 is 29.7 Å². The molecule has 1 unspecified atom stereocenters. The summed E-state index contributed by atoms with van der Waals surface area (Å²) in [5.41, 5.74) is -0.689. The summed E-state index contributed by atoms with van der Waals surface area (Å²) in [7, 11) is 0. The van der Waals surface area contributed by atoms with Crippen LogP contribution >= 0.6 is 23.4 Å². The van der Waals surface area contributed by atoms with Crippen molar-refractivity contribution in [2.24, 2.45) is 4.99 Å². The van der Waals surface area contributed by atoms with Crippen LogP contribution in [0.3, 0.4) is 0 Å². The van der Waals surface area contributed by atoms with Crippen molar-refractivity contribution in [3.05, 3.63) is 21.5 Å². The molecule has 0 aromatic heterocycles. The summed E-state index contributed by atoms with van der Waals surface area (Å²) in [5, 5.41) is 10.7. The van der Waals surface area contributed by atoms with E-state index in [1.165, 1.54) is 6.34 Å². The summed E-state index contributed by atoms with van der Waals surface area (Å²) in [6.45, 7) is 1.91. The van der Waals surface area contributed by atoms with Crippen molar-refractivity contribution < 1.29 is 4.92 Å². The maximum absolute atomic E-state index is 10.7. The highest BCUT2D eigenvalue weighted by atomic mass is 35.5. The van der Waals surface area contributed by atoms with Gasteiger partial charge < -0.3 is 0 Å². The minimum Gasteiger partial charge on any atom is -0.258 e. The van der Waals surface area contributed by atoms with Crippen LogP contribution in [0.2, 0.25) is 0 Å². The molecule has 0 bridgehead atoms. The fraction of sp³-hybridized carbons (Fsp3) is 0.571. The van der Waals surface area contributed by atoms with Crippen molar-refractivity contribution in [3.8, 4) is 0 Å². The minimum atomic E-state index is -0.953. The van der Waals surface area contributed by atoms with E-state index in [9.17, 15) is 10.1 Å². The smallest absolute Gasteiger partial charge is 0.258 e. The van der Waals surface area contributed by atoms with Gasteiger partial charge in [0.05, 0.1) is 4.92 Å². The summed E-state index contributed by atoms with van der Waals surface area (Å²) in [6.07, 6.45) is 2.59. The number of nitro groups is 1. The molecule has 7 heteroatoms. The van der Waals surface area contributed by atoms with Crippen LogP contribution in [0.4, 0.5) is 0 Å². The number of rotatable bonds is 3. The molecule has 0 N–H and O–H groups in total.